The van der Waals surface area contributed by atoms with Gasteiger partial charge in [-0.25, -0.2) is 0 Å². The number of carbonyl (C=O) groups is 2. The predicted molar refractivity (Wildman–Crippen MR) is 97.0 cm³/mol. The minimum absolute atomic E-state index is 0.0428. The molecule has 25 heavy (non-hydrogen) atoms. The van der Waals surface area contributed by atoms with Crippen molar-refractivity contribution in [2.45, 2.75) is 19.4 Å². The third kappa shape index (κ3) is 4.38. The first-order valence-corrected chi connectivity index (χ1v) is 8.42. The van der Waals surface area contributed by atoms with E-state index in [9.17, 15) is 9.59 Å². The molecule has 1 fully saturated rings. The summed E-state index contributed by atoms with van der Waals surface area (Å²) < 4.78 is 0. The molecule has 1 atom stereocenters. The van der Waals surface area contributed by atoms with Crippen molar-refractivity contribution < 1.29 is 9.59 Å². The van der Waals surface area contributed by atoms with E-state index in [1.165, 1.54) is 11.0 Å². The standard InChI is InChI=1S/C19H24N4O2/c1-4-18(24)22(5-2)14-19(25)23-10-9-17(13-23)21(3)16-8-6-7-15(11-16)12-20/h4,6-8,11,17H,1,5,9-10,13-14H2,2-3H3. The molecule has 1 saturated heterocycles. The van der Waals surface area contributed by atoms with Gasteiger partial charge in [-0.3, -0.25) is 9.59 Å². The molecule has 0 radical (unpaired) electrons. The summed E-state index contributed by atoms with van der Waals surface area (Å²) in [5, 5.41) is 9.04. The molecule has 6 heteroatoms. The lowest BCUT2D eigenvalue weighted by Gasteiger charge is -2.27. The number of carbonyl (C=O) groups excluding carboxylic acids is 2. The van der Waals surface area contributed by atoms with E-state index in [0.717, 1.165) is 12.1 Å². The predicted octanol–water partition coefficient (Wildman–Crippen LogP) is 1.63. The van der Waals surface area contributed by atoms with Crippen molar-refractivity contribution in [2.24, 2.45) is 0 Å². The lowest BCUT2D eigenvalue weighted by atomic mass is 10.1. The Hall–Kier alpha value is -2.81. The monoisotopic (exact) mass is 340 g/mol. The van der Waals surface area contributed by atoms with Crippen LogP contribution in [-0.4, -0.2) is 60.9 Å². The lowest BCUT2D eigenvalue weighted by molar-refractivity contribution is -0.137. The van der Waals surface area contributed by atoms with Crippen LogP contribution in [0, 0.1) is 11.3 Å². The second-order valence-electron chi connectivity index (χ2n) is 6.11. The molecule has 0 bridgehead atoms. The molecule has 1 aliphatic heterocycles. The number of nitrogens with zero attached hydrogens (tertiary/aromatic N) is 4. The number of anilines is 1. The summed E-state index contributed by atoms with van der Waals surface area (Å²) in [6, 6.07) is 9.80. The number of hydrogen-bond acceptors (Lipinski definition) is 4. The van der Waals surface area contributed by atoms with Gasteiger partial charge in [-0.2, -0.15) is 5.26 Å². The second-order valence-corrected chi connectivity index (χ2v) is 6.11. The van der Waals surface area contributed by atoms with E-state index in [1.54, 1.807) is 11.0 Å². The van der Waals surface area contributed by atoms with E-state index < -0.39 is 0 Å². The number of rotatable bonds is 6. The highest BCUT2D eigenvalue weighted by molar-refractivity contribution is 5.91. The minimum Gasteiger partial charge on any atom is -0.370 e. The van der Waals surface area contributed by atoms with Crippen LogP contribution in [0.25, 0.3) is 0 Å². The van der Waals surface area contributed by atoms with Crippen LogP contribution >= 0.6 is 0 Å². The van der Waals surface area contributed by atoms with E-state index in [0.29, 0.717) is 25.2 Å². The highest BCUT2D eigenvalue weighted by Crippen LogP contribution is 2.22. The van der Waals surface area contributed by atoms with E-state index in [2.05, 4.69) is 17.5 Å². The number of likely N-dealkylation sites (tertiary alicyclic amines) is 1. The Labute approximate surface area is 148 Å². The lowest BCUT2D eigenvalue weighted by Crippen LogP contribution is -2.43. The fourth-order valence-electron chi connectivity index (χ4n) is 3.03. The summed E-state index contributed by atoms with van der Waals surface area (Å²) in [6.07, 6.45) is 2.10. The van der Waals surface area contributed by atoms with Crippen molar-refractivity contribution >= 4 is 17.5 Å². The smallest absolute Gasteiger partial charge is 0.246 e. The fourth-order valence-corrected chi connectivity index (χ4v) is 3.03. The maximum absolute atomic E-state index is 12.5. The Morgan fingerprint density at radius 3 is 2.88 bits per heavy atom. The Morgan fingerprint density at radius 1 is 1.48 bits per heavy atom. The summed E-state index contributed by atoms with van der Waals surface area (Å²) >= 11 is 0. The van der Waals surface area contributed by atoms with Crippen molar-refractivity contribution in [2.75, 3.05) is 38.1 Å². The molecule has 1 aliphatic rings. The molecule has 2 amide bonds. The quantitative estimate of drug-likeness (QED) is 0.738. The summed E-state index contributed by atoms with van der Waals surface area (Å²) in [6.45, 7) is 7.17. The van der Waals surface area contributed by atoms with Crippen LogP contribution in [0.15, 0.2) is 36.9 Å². The van der Waals surface area contributed by atoms with Crippen LogP contribution in [0.5, 0.6) is 0 Å². The first-order valence-electron chi connectivity index (χ1n) is 8.42. The van der Waals surface area contributed by atoms with Crippen molar-refractivity contribution in [3.63, 3.8) is 0 Å². The molecule has 132 valence electrons. The van der Waals surface area contributed by atoms with Crippen molar-refractivity contribution in [1.29, 1.82) is 5.26 Å². The van der Waals surface area contributed by atoms with E-state index in [4.69, 9.17) is 5.26 Å². The van der Waals surface area contributed by atoms with Crippen molar-refractivity contribution in [1.82, 2.24) is 9.80 Å². The molecule has 6 nitrogen and oxygen atoms in total. The molecule has 0 saturated carbocycles. The second kappa shape index (κ2) is 8.34. The maximum Gasteiger partial charge on any atom is 0.246 e. The van der Waals surface area contributed by atoms with Gasteiger partial charge in [-0.15, -0.1) is 0 Å². The molecule has 0 aromatic heterocycles. The number of hydrogen-bond donors (Lipinski definition) is 0. The van der Waals surface area contributed by atoms with Gasteiger partial charge in [0, 0.05) is 38.4 Å². The molecule has 0 N–H and O–H groups in total. The SMILES string of the molecule is C=CC(=O)N(CC)CC(=O)N1CCC(N(C)c2cccc(C#N)c2)C1. The Bertz CT molecular complexity index is 695. The zero-order chi connectivity index (χ0) is 18.4. The summed E-state index contributed by atoms with van der Waals surface area (Å²) in [7, 11) is 1.98. The first-order chi connectivity index (χ1) is 12.0. The van der Waals surface area contributed by atoms with Crippen LogP contribution in [0.3, 0.4) is 0 Å². The van der Waals surface area contributed by atoms with Crippen LogP contribution in [0.4, 0.5) is 5.69 Å². The number of nitriles is 1. The van der Waals surface area contributed by atoms with Gasteiger partial charge >= 0.3 is 0 Å². The Balaban J connectivity index is 1.98. The summed E-state index contributed by atoms with van der Waals surface area (Å²) in [4.78, 5) is 29.6. The van der Waals surface area contributed by atoms with Gasteiger partial charge < -0.3 is 14.7 Å². The number of likely N-dealkylation sites (N-methyl/N-ethyl adjacent to an activating group) is 2. The highest BCUT2D eigenvalue weighted by atomic mass is 16.2. The number of benzene rings is 1. The van der Waals surface area contributed by atoms with E-state index >= 15 is 0 Å². The van der Waals surface area contributed by atoms with Crippen LogP contribution in [-0.2, 0) is 9.59 Å². The maximum atomic E-state index is 12.5. The summed E-state index contributed by atoms with van der Waals surface area (Å²) in [5.74, 6) is -0.268. The van der Waals surface area contributed by atoms with E-state index in [1.807, 2.05) is 32.2 Å². The molecule has 1 aromatic carbocycles. The zero-order valence-electron chi connectivity index (χ0n) is 14.8. The average molecular weight is 340 g/mol. The van der Waals surface area contributed by atoms with Gasteiger partial charge in [0.25, 0.3) is 0 Å². The summed E-state index contributed by atoms with van der Waals surface area (Å²) in [5.41, 5.74) is 1.59. The molecule has 0 aliphatic carbocycles. The molecular weight excluding hydrogens is 316 g/mol. The minimum atomic E-state index is -0.225. The van der Waals surface area contributed by atoms with Gasteiger partial charge in [0.1, 0.15) is 0 Å². The van der Waals surface area contributed by atoms with Crippen LogP contribution in [0.2, 0.25) is 0 Å². The van der Waals surface area contributed by atoms with Gasteiger partial charge in [0.15, 0.2) is 0 Å². The van der Waals surface area contributed by atoms with Gasteiger partial charge in [-0.05, 0) is 37.6 Å². The third-order valence-corrected chi connectivity index (χ3v) is 4.64. The Kier molecular flexibility index (Phi) is 6.18. The van der Waals surface area contributed by atoms with Gasteiger partial charge in [-0.1, -0.05) is 12.6 Å². The molecule has 2 rings (SSSR count). The third-order valence-electron chi connectivity index (χ3n) is 4.64. The van der Waals surface area contributed by atoms with Crippen LogP contribution in [0.1, 0.15) is 18.9 Å². The molecule has 1 aromatic rings. The highest BCUT2D eigenvalue weighted by Gasteiger charge is 2.30. The normalized spacial score (nSPS) is 16.2. The fraction of sp³-hybridized carbons (Fsp3) is 0.421. The van der Waals surface area contributed by atoms with E-state index in [-0.39, 0.29) is 24.4 Å². The zero-order valence-corrected chi connectivity index (χ0v) is 14.8. The molecular formula is C19H24N4O2. The van der Waals surface area contributed by atoms with Gasteiger partial charge in [0.2, 0.25) is 11.8 Å². The largest absolute Gasteiger partial charge is 0.370 e. The van der Waals surface area contributed by atoms with Gasteiger partial charge in [0.05, 0.1) is 18.2 Å². The topological polar surface area (TPSA) is 67.7 Å². The van der Waals surface area contributed by atoms with Crippen molar-refractivity contribution in [3.8, 4) is 6.07 Å². The number of amides is 2. The molecule has 1 unspecified atom stereocenters. The average Bonchev–Trinajstić information content (AvgIpc) is 3.14. The first kappa shape index (κ1) is 18.5. The van der Waals surface area contributed by atoms with Crippen LogP contribution < -0.4 is 4.90 Å². The Morgan fingerprint density at radius 2 is 2.24 bits per heavy atom. The molecule has 0 spiro atoms. The molecule has 1 heterocycles. The van der Waals surface area contributed by atoms with Crippen molar-refractivity contribution in [3.05, 3.63) is 42.5 Å².